The van der Waals surface area contributed by atoms with Crippen LogP contribution in [0.15, 0.2) is 237 Å². The molecule has 9 rings (SSSR count). The lowest BCUT2D eigenvalue weighted by atomic mass is 9.79. The van der Waals surface area contributed by atoms with Crippen LogP contribution in [0.1, 0.15) is 116 Å². The predicted octanol–water partition coefficient (Wildman–Crippen LogP) is 18.5. The largest absolute Gasteiger partial charge is 0.497 e. The summed E-state index contributed by atoms with van der Waals surface area (Å²) >= 11 is 0. The third-order valence-corrected chi connectivity index (χ3v) is 24.1. The molecule has 9 aromatic carbocycles. The minimum Gasteiger partial charge on any atom is -0.497 e. The van der Waals surface area contributed by atoms with Gasteiger partial charge in [0.05, 0.1) is 42.7 Å². The summed E-state index contributed by atoms with van der Waals surface area (Å²) in [5.41, 5.74) is 5.57. The smallest absolute Gasteiger partial charge is 0.191 e. The standard InChI is InChI=1S/C83H99NO10Si/c1-79(2,3)95(11,12)94-63-25-59-84(4)80(56-22-60-91-81(64-26-16-13-17-27-64,67-32-44-73(85-5)45-33-67)68-34-46-74(86-6)47-35-68,57-23-61-92-82(65-28-18-14-19-29-65,69-36-48-75(87-7)49-37-69)70-38-50-76(88-8)51-39-70)58-24-62-93-83(66-30-20-15-21-31-66,71-40-52-77(89-9)53-41-71)72-42-54-78(90-10)55-43-72/h13-21,26-55H,22-25,56-63H2,1-12H3. The van der Waals surface area contributed by atoms with Gasteiger partial charge in [-0.2, -0.15) is 0 Å². The third kappa shape index (κ3) is 16.4. The Morgan fingerprint density at radius 3 is 0.726 bits per heavy atom. The van der Waals surface area contributed by atoms with Crippen molar-refractivity contribution in [2.24, 2.45) is 0 Å². The summed E-state index contributed by atoms with van der Waals surface area (Å²) < 4.78 is 64.4. The van der Waals surface area contributed by atoms with Gasteiger partial charge in [0.25, 0.3) is 0 Å². The Labute approximate surface area is 567 Å². The van der Waals surface area contributed by atoms with Crippen LogP contribution in [0.25, 0.3) is 0 Å². The highest BCUT2D eigenvalue weighted by molar-refractivity contribution is 6.74. The van der Waals surface area contributed by atoms with E-state index >= 15 is 0 Å². The average Bonchev–Trinajstić information content (AvgIpc) is 0.771. The van der Waals surface area contributed by atoms with Crippen LogP contribution < -0.4 is 28.4 Å². The molecule has 0 unspecified atom stereocenters. The molecular formula is C83H99NO10Si. The third-order valence-electron chi connectivity index (χ3n) is 19.6. The Kier molecular flexibility index (Phi) is 24.7. The first-order valence-electron chi connectivity index (χ1n) is 33.4. The van der Waals surface area contributed by atoms with Gasteiger partial charge in [-0.05, 0) is 193 Å². The second-order valence-electron chi connectivity index (χ2n) is 26.0. The predicted molar refractivity (Wildman–Crippen MR) is 386 cm³/mol. The van der Waals surface area contributed by atoms with Crippen molar-refractivity contribution in [3.63, 3.8) is 0 Å². The number of benzene rings is 9. The Morgan fingerprint density at radius 2 is 0.516 bits per heavy atom. The Morgan fingerprint density at radius 1 is 0.295 bits per heavy atom. The maximum atomic E-state index is 7.68. The van der Waals surface area contributed by atoms with Gasteiger partial charge in [-0.3, -0.25) is 0 Å². The molecule has 0 spiro atoms. The van der Waals surface area contributed by atoms with Gasteiger partial charge in [-0.1, -0.05) is 185 Å². The first kappa shape index (κ1) is 71.1. The highest BCUT2D eigenvalue weighted by atomic mass is 28.4. The molecule has 0 aliphatic rings. The number of methoxy groups -OCH3 is 6. The van der Waals surface area contributed by atoms with Gasteiger partial charge in [0.2, 0.25) is 0 Å². The average molecular weight is 1300 g/mol. The van der Waals surface area contributed by atoms with Crippen molar-refractivity contribution in [2.45, 2.75) is 106 Å². The van der Waals surface area contributed by atoms with Crippen molar-refractivity contribution < 1.29 is 47.1 Å². The van der Waals surface area contributed by atoms with Gasteiger partial charge < -0.3 is 52.0 Å². The molecular weight excluding hydrogens is 1200 g/mol. The number of rotatable bonds is 36. The molecule has 95 heavy (non-hydrogen) atoms. The summed E-state index contributed by atoms with van der Waals surface area (Å²) in [7, 11) is 10.5. The zero-order valence-electron chi connectivity index (χ0n) is 58.0. The van der Waals surface area contributed by atoms with Crippen LogP contribution in [0.5, 0.6) is 34.5 Å². The molecule has 500 valence electrons. The van der Waals surface area contributed by atoms with Gasteiger partial charge in [0.15, 0.2) is 8.32 Å². The first-order valence-corrected chi connectivity index (χ1v) is 36.3. The van der Waals surface area contributed by atoms with Crippen molar-refractivity contribution in [1.29, 1.82) is 0 Å². The number of hydrogen-bond donors (Lipinski definition) is 0. The topological polar surface area (TPSA) is 95.5 Å². The van der Waals surface area contributed by atoms with E-state index in [0.717, 1.165) is 136 Å². The molecule has 0 fully saturated rings. The lowest BCUT2D eigenvalue weighted by Crippen LogP contribution is -2.48. The summed E-state index contributed by atoms with van der Waals surface area (Å²) in [6.07, 6.45) is 5.43. The highest BCUT2D eigenvalue weighted by Crippen LogP contribution is 2.47. The fraction of sp³-hybridized carbons (Fsp3) is 0.349. The maximum Gasteiger partial charge on any atom is 0.191 e. The van der Waals surface area contributed by atoms with E-state index in [1.807, 2.05) is 72.8 Å². The SMILES string of the molecule is COc1ccc(C(OCCCC(CCCOC(c2ccccc2)(c2ccc(OC)cc2)c2ccc(OC)cc2)(CCCOC(c2ccccc2)(c2ccc(OC)cc2)c2ccc(OC)cc2)N(C)CCCO[Si](C)(C)C(C)(C)C)(c2ccccc2)c2ccc(OC)cc2)cc1. The van der Waals surface area contributed by atoms with Gasteiger partial charge in [0, 0.05) is 38.5 Å². The van der Waals surface area contributed by atoms with Crippen molar-refractivity contribution in [3.05, 3.63) is 287 Å². The van der Waals surface area contributed by atoms with E-state index in [0.29, 0.717) is 26.4 Å². The molecule has 11 nitrogen and oxygen atoms in total. The fourth-order valence-electron chi connectivity index (χ4n) is 13.1. The van der Waals surface area contributed by atoms with Gasteiger partial charge in [0.1, 0.15) is 51.3 Å². The second kappa shape index (κ2) is 33.0. The van der Waals surface area contributed by atoms with Crippen LogP contribution in [-0.2, 0) is 35.4 Å². The van der Waals surface area contributed by atoms with Crippen LogP contribution in [0.4, 0.5) is 0 Å². The molecule has 0 aliphatic heterocycles. The van der Waals surface area contributed by atoms with Gasteiger partial charge >= 0.3 is 0 Å². The number of hydrogen-bond acceptors (Lipinski definition) is 11. The van der Waals surface area contributed by atoms with Crippen LogP contribution in [0, 0.1) is 0 Å². The lowest BCUT2D eigenvalue weighted by Gasteiger charge is -2.44. The molecule has 12 heteroatoms. The van der Waals surface area contributed by atoms with E-state index in [2.05, 4.69) is 210 Å². The molecule has 0 aromatic heterocycles. The number of ether oxygens (including phenoxy) is 9. The first-order chi connectivity index (χ1) is 46.0. The van der Waals surface area contributed by atoms with Crippen LogP contribution in [0.3, 0.4) is 0 Å². The molecule has 0 atom stereocenters. The van der Waals surface area contributed by atoms with Crippen LogP contribution in [-0.4, -0.2) is 101 Å². The Bertz CT molecular complexity index is 3190. The van der Waals surface area contributed by atoms with E-state index in [4.69, 9.17) is 47.1 Å². The molecule has 0 aliphatic carbocycles. The van der Waals surface area contributed by atoms with Crippen molar-refractivity contribution in [3.8, 4) is 34.5 Å². The lowest BCUT2D eigenvalue weighted by molar-refractivity contribution is -0.0187. The molecule has 0 heterocycles. The molecule has 0 saturated carbocycles. The Balaban J connectivity index is 1.14. The molecule has 9 aromatic rings. The normalized spacial score (nSPS) is 12.3. The summed E-state index contributed by atoms with van der Waals surface area (Å²) in [6, 6.07) is 81.4. The van der Waals surface area contributed by atoms with Crippen LogP contribution >= 0.6 is 0 Å². The minimum atomic E-state index is -2.05. The quantitative estimate of drug-likeness (QED) is 0.0213. The van der Waals surface area contributed by atoms with E-state index in [1.165, 1.54) is 0 Å². The summed E-state index contributed by atoms with van der Waals surface area (Å²) in [4.78, 5) is 2.63. The zero-order valence-corrected chi connectivity index (χ0v) is 59.0. The van der Waals surface area contributed by atoms with Crippen molar-refractivity contribution >= 4 is 8.32 Å². The maximum absolute atomic E-state index is 7.68. The van der Waals surface area contributed by atoms with Crippen molar-refractivity contribution in [1.82, 2.24) is 4.90 Å². The summed E-state index contributed by atoms with van der Waals surface area (Å²) in [6.45, 7) is 14.4. The Hall–Kier alpha value is -8.20. The highest BCUT2D eigenvalue weighted by Gasteiger charge is 2.43. The van der Waals surface area contributed by atoms with E-state index in [9.17, 15) is 0 Å². The molecule has 0 saturated heterocycles. The molecule has 0 N–H and O–H groups in total. The van der Waals surface area contributed by atoms with E-state index in [-0.39, 0.29) is 5.04 Å². The summed E-state index contributed by atoms with van der Waals surface area (Å²) in [5, 5.41) is 0.0779. The minimum absolute atomic E-state index is 0.0779. The molecule has 0 amide bonds. The second-order valence-corrected chi connectivity index (χ2v) is 30.8. The number of nitrogens with zero attached hydrogens (tertiary/aromatic N) is 1. The van der Waals surface area contributed by atoms with Gasteiger partial charge in [-0.15, -0.1) is 0 Å². The molecule has 0 radical (unpaired) electrons. The zero-order chi connectivity index (χ0) is 67.4. The van der Waals surface area contributed by atoms with E-state index in [1.54, 1.807) is 42.7 Å². The van der Waals surface area contributed by atoms with Crippen LogP contribution in [0.2, 0.25) is 18.1 Å². The molecule has 0 bridgehead atoms. The van der Waals surface area contributed by atoms with Crippen molar-refractivity contribution in [2.75, 3.05) is 82.7 Å². The monoisotopic (exact) mass is 1300 g/mol. The summed E-state index contributed by atoms with van der Waals surface area (Å²) in [5.74, 6) is 4.61. The van der Waals surface area contributed by atoms with Gasteiger partial charge in [-0.25, -0.2) is 0 Å². The fourth-order valence-corrected chi connectivity index (χ4v) is 14.2. The van der Waals surface area contributed by atoms with E-state index < -0.39 is 30.7 Å².